The number of para-hydroxylation sites is 1. The van der Waals surface area contributed by atoms with Crippen LogP contribution in [0.3, 0.4) is 0 Å². The fourth-order valence-electron chi connectivity index (χ4n) is 2.59. The smallest absolute Gasteiger partial charge is 0.257 e. The number of benzene rings is 1. The van der Waals surface area contributed by atoms with Gasteiger partial charge in [-0.3, -0.25) is 4.79 Å². The lowest BCUT2D eigenvalue weighted by atomic mass is 9.99. The molecular weight excluding hydrogens is 240 g/mol. The molecule has 1 saturated heterocycles. The number of hydrogen-bond donors (Lipinski definition) is 2. The number of amides is 1. The number of nitrogens with zero attached hydrogens (tertiary/aromatic N) is 1. The van der Waals surface area contributed by atoms with Crippen molar-refractivity contribution in [3.8, 4) is 5.75 Å². The van der Waals surface area contributed by atoms with Crippen molar-refractivity contribution in [3.63, 3.8) is 0 Å². The van der Waals surface area contributed by atoms with Crippen molar-refractivity contribution in [2.45, 2.75) is 19.8 Å². The Kier molecular flexibility index (Phi) is 4.43. The third-order valence-electron chi connectivity index (χ3n) is 3.75. The van der Waals surface area contributed by atoms with Crippen molar-refractivity contribution in [2.75, 3.05) is 26.7 Å². The maximum atomic E-state index is 12.3. The van der Waals surface area contributed by atoms with Gasteiger partial charge in [-0.05, 0) is 50.4 Å². The van der Waals surface area contributed by atoms with Gasteiger partial charge in [0.1, 0.15) is 5.75 Å². The Bertz CT molecular complexity index is 453. The number of aryl methyl sites for hydroxylation is 1. The number of nitrogens with one attached hydrogen (secondary N) is 1. The Balaban J connectivity index is 2.03. The van der Waals surface area contributed by atoms with Gasteiger partial charge >= 0.3 is 0 Å². The average Bonchev–Trinajstić information content (AvgIpc) is 2.42. The molecule has 1 aliphatic heterocycles. The molecule has 0 radical (unpaired) electrons. The van der Waals surface area contributed by atoms with Crippen LogP contribution in [0.2, 0.25) is 0 Å². The molecule has 1 amide bonds. The minimum atomic E-state index is -0.105. The molecule has 2 rings (SSSR count). The molecular formula is C15H22N2O2. The van der Waals surface area contributed by atoms with E-state index < -0.39 is 0 Å². The van der Waals surface area contributed by atoms with Crippen molar-refractivity contribution in [1.29, 1.82) is 0 Å². The minimum Gasteiger partial charge on any atom is -0.507 e. The standard InChI is InChI=1S/C15H22N2O2/c1-11-5-3-7-13(14(11)18)15(19)17(2)10-12-6-4-8-16-9-12/h3,5,7,12,16,18H,4,6,8-10H2,1-2H3. The molecule has 1 aromatic carbocycles. The van der Waals surface area contributed by atoms with Crippen LogP contribution in [-0.4, -0.2) is 42.6 Å². The molecule has 2 N–H and O–H groups in total. The molecule has 1 heterocycles. The van der Waals surface area contributed by atoms with Gasteiger partial charge in [0.15, 0.2) is 0 Å². The van der Waals surface area contributed by atoms with E-state index in [-0.39, 0.29) is 11.7 Å². The Morgan fingerprint density at radius 2 is 2.32 bits per heavy atom. The molecule has 4 nitrogen and oxygen atoms in total. The third kappa shape index (κ3) is 3.26. The first kappa shape index (κ1) is 13.9. The van der Waals surface area contributed by atoms with Crippen LogP contribution in [0.15, 0.2) is 18.2 Å². The van der Waals surface area contributed by atoms with Gasteiger partial charge in [0, 0.05) is 13.6 Å². The maximum absolute atomic E-state index is 12.3. The molecule has 0 aromatic heterocycles. The molecule has 19 heavy (non-hydrogen) atoms. The monoisotopic (exact) mass is 262 g/mol. The van der Waals surface area contributed by atoms with Crippen molar-refractivity contribution in [3.05, 3.63) is 29.3 Å². The van der Waals surface area contributed by atoms with Crippen molar-refractivity contribution in [1.82, 2.24) is 10.2 Å². The van der Waals surface area contributed by atoms with E-state index in [1.54, 1.807) is 37.1 Å². The summed E-state index contributed by atoms with van der Waals surface area (Å²) in [7, 11) is 1.80. The molecule has 1 aliphatic rings. The quantitative estimate of drug-likeness (QED) is 0.873. The lowest BCUT2D eigenvalue weighted by Crippen LogP contribution is -2.39. The summed E-state index contributed by atoms with van der Waals surface area (Å²) in [5, 5.41) is 13.3. The SMILES string of the molecule is Cc1cccc(C(=O)N(C)CC2CCCNC2)c1O. The molecule has 0 aliphatic carbocycles. The van der Waals surface area contributed by atoms with Crippen molar-refractivity contribution >= 4 is 5.91 Å². The number of phenols is 1. The molecule has 1 aromatic rings. The number of aromatic hydroxyl groups is 1. The van der Waals surface area contributed by atoms with Crippen LogP contribution < -0.4 is 5.32 Å². The Morgan fingerprint density at radius 1 is 1.53 bits per heavy atom. The second kappa shape index (κ2) is 6.06. The van der Waals surface area contributed by atoms with Gasteiger partial charge in [-0.15, -0.1) is 0 Å². The van der Waals surface area contributed by atoms with E-state index in [0.717, 1.165) is 31.6 Å². The topological polar surface area (TPSA) is 52.6 Å². The second-order valence-electron chi connectivity index (χ2n) is 5.37. The summed E-state index contributed by atoms with van der Waals surface area (Å²) in [4.78, 5) is 14.1. The molecule has 1 atom stereocenters. The Morgan fingerprint density at radius 3 is 3.00 bits per heavy atom. The van der Waals surface area contributed by atoms with Crippen LogP contribution in [0, 0.1) is 12.8 Å². The fourth-order valence-corrected chi connectivity index (χ4v) is 2.59. The van der Waals surface area contributed by atoms with Gasteiger partial charge in [-0.25, -0.2) is 0 Å². The summed E-state index contributed by atoms with van der Waals surface area (Å²) in [5.41, 5.74) is 1.13. The van der Waals surface area contributed by atoms with E-state index in [2.05, 4.69) is 5.32 Å². The summed E-state index contributed by atoms with van der Waals surface area (Å²) in [5.74, 6) is 0.502. The molecule has 0 saturated carbocycles. The zero-order chi connectivity index (χ0) is 13.8. The van der Waals surface area contributed by atoms with E-state index in [1.807, 2.05) is 0 Å². The van der Waals surface area contributed by atoms with Crippen LogP contribution in [0.4, 0.5) is 0 Å². The molecule has 4 heteroatoms. The van der Waals surface area contributed by atoms with Crippen LogP contribution in [0.1, 0.15) is 28.8 Å². The highest BCUT2D eigenvalue weighted by Gasteiger charge is 2.21. The van der Waals surface area contributed by atoms with Gasteiger partial charge in [0.05, 0.1) is 5.56 Å². The number of hydrogen-bond acceptors (Lipinski definition) is 3. The second-order valence-corrected chi connectivity index (χ2v) is 5.37. The van der Waals surface area contributed by atoms with E-state index in [0.29, 0.717) is 11.5 Å². The Hall–Kier alpha value is -1.55. The molecule has 1 unspecified atom stereocenters. The first-order valence-electron chi connectivity index (χ1n) is 6.84. The highest BCUT2D eigenvalue weighted by molar-refractivity contribution is 5.97. The average molecular weight is 262 g/mol. The lowest BCUT2D eigenvalue weighted by molar-refractivity contribution is 0.0761. The molecule has 0 spiro atoms. The number of carbonyl (C=O) groups excluding carboxylic acids is 1. The highest BCUT2D eigenvalue weighted by Crippen LogP contribution is 2.23. The van der Waals surface area contributed by atoms with Gasteiger partial charge < -0.3 is 15.3 Å². The van der Waals surface area contributed by atoms with E-state index >= 15 is 0 Å². The van der Waals surface area contributed by atoms with E-state index in [4.69, 9.17) is 0 Å². The number of phenolic OH excluding ortho intramolecular Hbond substituents is 1. The van der Waals surface area contributed by atoms with Crippen molar-refractivity contribution in [2.24, 2.45) is 5.92 Å². The third-order valence-corrected chi connectivity index (χ3v) is 3.75. The minimum absolute atomic E-state index is 0.0983. The van der Waals surface area contributed by atoms with Gasteiger partial charge in [0.2, 0.25) is 0 Å². The fraction of sp³-hybridized carbons (Fsp3) is 0.533. The summed E-state index contributed by atoms with van der Waals surface area (Å²) < 4.78 is 0. The van der Waals surface area contributed by atoms with Gasteiger partial charge in [-0.2, -0.15) is 0 Å². The maximum Gasteiger partial charge on any atom is 0.257 e. The Labute approximate surface area is 114 Å². The van der Waals surface area contributed by atoms with Crippen LogP contribution >= 0.6 is 0 Å². The van der Waals surface area contributed by atoms with Crippen molar-refractivity contribution < 1.29 is 9.90 Å². The summed E-state index contributed by atoms with van der Waals surface area (Å²) in [6.45, 7) is 4.58. The first-order chi connectivity index (χ1) is 9.09. The lowest BCUT2D eigenvalue weighted by Gasteiger charge is -2.28. The van der Waals surface area contributed by atoms with Crippen LogP contribution in [-0.2, 0) is 0 Å². The molecule has 104 valence electrons. The molecule has 1 fully saturated rings. The predicted octanol–water partition coefficient (Wildman–Crippen LogP) is 1.77. The van der Waals surface area contributed by atoms with E-state index in [1.165, 1.54) is 6.42 Å². The largest absolute Gasteiger partial charge is 0.507 e. The summed E-state index contributed by atoms with van der Waals surface area (Å²) in [6, 6.07) is 5.29. The highest BCUT2D eigenvalue weighted by atomic mass is 16.3. The summed E-state index contributed by atoms with van der Waals surface area (Å²) in [6.07, 6.45) is 2.33. The van der Waals surface area contributed by atoms with Crippen LogP contribution in [0.5, 0.6) is 5.75 Å². The molecule has 0 bridgehead atoms. The van der Waals surface area contributed by atoms with Crippen LogP contribution in [0.25, 0.3) is 0 Å². The van der Waals surface area contributed by atoms with E-state index in [9.17, 15) is 9.90 Å². The first-order valence-corrected chi connectivity index (χ1v) is 6.84. The number of carbonyl (C=O) groups is 1. The predicted molar refractivity (Wildman–Crippen MR) is 75.4 cm³/mol. The van der Waals surface area contributed by atoms with Gasteiger partial charge in [0.25, 0.3) is 5.91 Å². The van der Waals surface area contributed by atoms with Gasteiger partial charge in [-0.1, -0.05) is 12.1 Å². The zero-order valence-corrected chi connectivity index (χ0v) is 11.6. The zero-order valence-electron chi connectivity index (χ0n) is 11.6. The normalized spacial score (nSPS) is 19.2. The summed E-state index contributed by atoms with van der Waals surface area (Å²) >= 11 is 0. The number of piperidine rings is 1. The number of rotatable bonds is 3.